The molecular weight excluding hydrogens is 372 g/mol. The molecule has 6 nitrogen and oxygen atoms in total. The van der Waals surface area contributed by atoms with Crippen LogP contribution >= 0.6 is 23.5 Å². The monoisotopic (exact) mass is 396 g/mol. The standard InChI is InChI=1S/C18H24N2O4S2/c1-12(2)20-15(21)10-19-16(22)11-24-17(23)13-4-6-14(7-5-13)18-25-8-3-9-26-18/h4-7,12,18H,3,8-11H2,1-2H3,(H,19,22)(H,20,21). The van der Waals surface area contributed by atoms with E-state index in [4.69, 9.17) is 4.74 Å². The fourth-order valence-corrected chi connectivity index (χ4v) is 5.17. The van der Waals surface area contributed by atoms with Crippen LogP contribution in [-0.4, -0.2) is 48.5 Å². The molecule has 2 N–H and O–H groups in total. The summed E-state index contributed by atoms with van der Waals surface area (Å²) in [5, 5.41) is 5.07. The summed E-state index contributed by atoms with van der Waals surface area (Å²) in [6, 6.07) is 7.32. The molecule has 1 fully saturated rings. The molecule has 0 unspecified atom stereocenters. The normalized spacial score (nSPS) is 14.7. The molecule has 0 radical (unpaired) electrons. The third-order valence-electron chi connectivity index (χ3n) is 3.48. The minimum atomic E-state index is -0.553. The summed E-state index contributed by atoms with van der Waals surface area (Å²) < 4.78 is 5.41. The average molecular weight is 397 g/mol. The van der Waals surface area contributed by atoms with Gasteiger partial charge in [-0.15, -0.1) is 23.5 Å². The number of ether oxygens (including phenoxy) is 1. The number of nitrogens with one attached hydrogen (secondary N) is 2. The van der Waals surface area contributed by atoms with Crippen LogP contribution in [0.25, 0.3) is 0 Å². The minimum absolute atomic E-state index is 0.00520. The van der Waals surface area contributed by atoms with Gasteiger partial charge in [-0.3, -0.25) is 9.59 Å². The maximum Gasteiger partial charge on any atom is 0.338 e. The Balaban J connectivity index is 1.75. The minimum Gasteiger partial charge on any atom is -0.452 e. The second kappa shape index (κ2) is 10.5. The first-order valence-corrected chi connectivity index (χ1v) is 10.6. The van der Waals surface area contributed by atoms with Crippen LogP contribution < -0.4 is 10.6 Å². The Labute approximate surface area is 162 Å². The van der Waals surface area contributed by atoms with Crippen molar-refractivity contribution in [3.8, 4) is 0 Å². The summed E-state index contributed by atoms with van der Waals surface area (Å²) in [7, 11) is 0. The van der Waals surface area contributed by atoms with Gasteiger partial charge in [0.05, 0.1) is 16.7 Å². The van der Waals surface area contributed by atoms with Crippen LogP contribution in [-0.2, 0) is 14.3 Å². The maximum absolute atomic E-state index is 12.0. The number of thioether (sulfide) groups is 2. The highest BCUT2D eigenvalue weighted by atomic mass is 32.2. The Hall–Kier alpha value is -1.67. The van der Waals surface area contributed by atoms with Gasteiger partial charge in [0.25, 0.3) is 5.91 Å². The van der Waals surface area contributed by atoms with E-state index in [0.29, 0.717) is 10.1 Å². The fourth-order valence-electron chi connectivity index (χ4n) is 2.27. The lowest BCUT2D eigenvalue weighted by Crippen LogP contribution is -2.41. The van der Waals surface area contributed by atoms with Crippen molar-refractivity contribution >= 4 is 41.3 Å². The Bertz CT molecular complexity index is 629. The molecule has 26 heavy (non-hydrogen) atoms. The molecule has 2 amide bonds. The first-order chi connectivity index (χ1) is 12.5. The number of esters is 1. The van der Waals surface area contributed by atoms with Gasteiger partial charge < -0.3 is 15.4 Å². The zero-order chi connectivity index (χ0) is 18.9. The van der Waals surface area contributed by atoms with E-state index in [1.165, 1.54) is 12.0 Å². The van der Waals surface area contributed by atoms with Gasteiger partial charge in [0.2, 0.25) is 5.91 Å². The van der Waals surface area contributed by atoms with Gasteiger partial charge in [-0.2, -0.15) is 0 Å². The summed E-state index contributed by atoms with van der Waals surface area (Å²) in [5.74, 6) is 0.970. The lowest BCUT2D eigenvalue weighted by atomic mass is 10.1. The average Bonchev–Trinajstić information content (AvgIpc) is 2.64. The molecule has 1 aromatic rings. The van der Waals surface area contributed by atoms with Crippen LogP contribution in [0.2, 0.25) is 0 Å². The second-order valence-corrected chi connectivity index (χ2v) is 8.85. The number of benzene rings is 1. The summed E-state index contributed by atoms with van der Waals surface area (Å²) in [6.45, 7) is 3.11. The first kappa shape index (κ1) is 20.6. The van der Waals surface area contributed by atoms with Crippen LogP contribution in [0.3, 0.4) is 0 Å². The Morgan fingerprint density at radius 2 is 1.77 bits per heavy atom. The summed E-state index contributed by atoms with van der Waals surface area (Å²) >= 11 is 3.83. The topological polar surface area (TPSA) is 84.5 Å². The van der Waals surface area contributed by atoms with Crippen molar-refractivity contribution in [2.24, 2.45) is 0 Å². The van der Waals surface area contributed by atoms with Gasteiger partial charge in [0.15, 0.2) is 6.61 Å². The molecule has 0 aliphatic carbocycles. The molecule has 1 saturated heterocycles. The molecule has 0 aromatic heterocycles. The molecule has 8 heteroatoms. The smallest absolute Gasteiger partial charge is 0.338 e. The number of hydrogen-bond acceptors (Lipinski definition) is 6. The Kier molecular flexibility index (Phi) is 8.31. The highest BCUT2D eigenvalue weighted by Crippen LogP contribution is 2.43. The summed E-state index contributed by atoms with van der Waals surface area (Å²) in [4.78, 5) is 35.1. The van der Waals surface area contributed by atoms with Gasteiger partial charge in [-0.05, 0) is 49.5 Å². The van der Waals surface area contributed by atoms with E-state index in [-0.39, 0.29) is 18.5 Å². The summed E-state index contributed by atoms with van der Waals surface area (Å²) in [6.07, 6.45) is 1.23. The van der Waals surface area contributed by atoms with E-state index >= 15 is 0 Å². The number of carbonyl (C=O) groups is 3. The molecule has 1 aromatic carbocycles. The predicted molar refractivity (Wildman–Crippen MR) is 105 cm³/mol. The van der Waals surface area contributed by atoms with Crippen LogP contribution in [0.1, 0.15) is 40.8 Å². The molecule has 0 saturated carbocycles. The quantitative estimate of drug-likeness (QED) is 0.689. The van der Waals surface area contributed by atoms with E-state index < -0.39 is 18.5 Å². The number of amides is 2. The Morgan fingerprint density at radius 3 is 2.38 bits per heavy atom. The first-order valence-electron chi connectivity index (χ1n) is 8.52. The molecule has 1 aliphatic heterocycles. The van der Waals surface area contributed by atoms with E-state index in [0.717, 1.165) is 11.5 Å². The van der Waals surface area contributed by atoms with Crippen LogP contribution in [0.15, 0.2) is 24.3 Å². The summed E-state index contributed by atoms with van der Waals surface area (Å²) in [5.41, 5.74) is 1.59. The number of hydrogen-bond donors (Lipinski definition) is 2. The maximum atomic E-state index is 12.0. The zero-order valence-electron chi connectivity index (χ0n) is 14.9. The van der Waals surface area contributed by atoms with Crippen LogP contribution in [0, 0.1) is 0 Å². The van der Waals surface area contributed by atoms with Crippen LogP contribution in [0.5, 0.6) is 0 Å². The SMILES string of the molecule is CC(C)NC(=O)CNC(=O)COC(=O)c1ccc(C2SCCCS2)cc1. The number of carbonyl (C=O) groups excluding carboxylic acids is 3. The van der Waals surface area contributed by atoms with Gasteiger partial charge in [0, 0.05) is 6.04 Å². The zero-order valence-corrected chi connectivity index (χ0v) is 16.6. The van der Waals surface area contributed by atoms with Crippen molar-refractivity contribution in [1.29, 1.82) is 0 Å². The second-order valence-electron chi connectivity index (χ2n) is 6.12. The van der Waals surface area contributed by atoms with Crippen molar-refractivity contribution in [2.75, 3.05) is 24.7 Å². The lowest BCUT2D eigenvalue weighted by Gasteiger charge is -2.21. The van der Waals surface area contributed by atoms with Crippen molar-refractivity contribution in [2.45, 2.75) is 30.9 Å². The Morgan fingerprint density at radius 1 is 1.12 bits per heavy atom. The molecule has 0 bridgehead atoms. The van der Waals surface area contributed by atoms with Crippen molar-refractivity contribution < 1.29 is 19.1 Å². The van der Waals surface area contributed by atoms with Crippen molar-refractivity contribution in [1.82, 2.24) is 10.6 Å². The van der Waals surface area contributed by atoms with Gasteiger partial charge in [0.1, 0.15) is 0 Å². The van der Waals surface area contributed by atoms with E-state index in [1.807, 2.05) is 49.5 Å². The van der Waals surface area contributed by atoms with Crippen molar-refractivity contribution in [3.63, 3.8) is 0 Å². The molecule has 2 rings (SSSR count). The van der Waals surface area contributed by atoms with Crippen LogP contribution in [0.4, 0.5) is 0 Å². The highest BCUT2D eigenvalue weighted by Gasteiger charge is 2.17. The van der Waals surface area contributed by atoms with E-state index in [2.05, 4.69) is 10.6 Å². The van der Waals surface area contributed by atoms with Crippen molar-refractivity contribution in [3.05, 3.63) is 35.4 Å². The van der Waals surface area contributed by atoms with E-state index in [1.54, 1.807) is 12.1 Å². The van der Waals surface area contributed by atoms with E-state index in [9.17, 15) is 14.4 Å². The van der Waals surface area contributed by atoms with Gasteiger partial charge in [-0.25, -0.2) is 4.79 Å². The van der Waals surface area contributed by atoms with Gasteiger partial charge >= 0.3 is 5.97 Å². The van der Waals surface area contributed by atoms with Gasteiger partial charge in [-0.1, -0.05) is 12.1 Å². The third-order valence-corrected chi connectivity index (χ3v) is 6.49. The fraction of sp³-hybridized carbons (Fsp3) is 0.500. The molecule has 0 atom stereocenters. The molecule has 1 aliphatic rings. The largest absolute Gasteiger partial charge is 0.452 e. The molecule has 1 heterocycles. The highest BCUT2D eigenvalue weighted by molar-refractivity contribution is 8.16. The molecule has 142 valence electrons. The predicted octanol–water partition coefficient (Wildman–Crippen LogP) is 2.35. The number of rotatable bonds is 7. The third kappa shape index (κ3) is 6.92. The molecular formula is C18H24N2O4S2. The molecule has 0 spiro atoms. The lowest BCUT2D eigenvalue weighted by molar-refractivity contribution is -0.128.